The molecule has 2 aromatic rings. The minimum Gasteiger partial charge on any atom is -0.478 e. The van der Waals surface area contributed by atoms with Gasteiger partial charge in [-0.3, -0.25) is 0 Å². The van der Waals surface area contributed by atoms with Crippen LogP contribution in [0.2, 0.25) is 0 Å². The Balaban J connectivity index is 2.17. The van der Waals surface area contributed by atoms with E-state index in [2.05, 4.69) is 36.2 Å². The average Bonchev–Trinajstić information content (AvgIpc) is 2.75. The van der Waals surface area contributed by atoms with Gasteiger partial charge in [-0.2, -0.15) is 0 Å². The smallest absolute Gasteiger partial charge is 0.335 e. The Morgan fingerprint density at radius 1 is 1.23 bits per heavy atom. The van der Waals surface area contributed by atoms with Gasteiger partial charge in [0, 0.05) is 13.3 Å². The molecule has 0 aliphatic rings. The molecule has 0 aliphatic heterocycles. The van der Waals surface area contributed by atoms with Crippen molar-refractivity contribution < 1.29 is 14.5 Å². The molecule has 0 unspecified atom stereocenters. The molecule has 0 bridgehead atoms. The lowest BCUT2D eigenvalue weighted by molar-refractivity contribution is -0.695. The molecule has 0 radical (unpaired) electrons. The summed E-state index contributed by atoms with van der Waals surface area (Å²) in [6.45, 7) is 5.12. The van der Waals surface area contributed by atoms with Gasteiger partial charge in [0.15, 0.2) is 0 Å². The molecule has 0 saturated heterocycles. The van der Waals surface area contributed by atoms with Crippen LogP contribution in [0, 0.1) is 6.92 Å². The molecule has 4 nitrogen and oxygen atoms in total. The number of carbonyl (C=O) groups is 1. The van der Waals surface area contributed by atoms with Crippen LogP contribution in [0.4, 0.5) is 0 Å². The first-order valence-electron chi connectivity index (χ1n) is 7.89. The number of benzene rings is 1. The molecule has 1 aromatic heterocycles. The Kier molecular flexibility index (Phi) is 5.36. The van der Waals surface area contributed by atoms with Gasteiger partial charge in [-0.1, -0.05) is 31.9 Å². The topological polar surface area (TPSA) is 46.1 Å². The Labute approximate surface area is 132 Å². The van der Waals surface area contributed by atoms with E-state index >= 15 is 0 Å². The van der Waals surface area contributed by atoms with Crippen LogP contribution in [0.1, 0.15) is 53.6 Å². The summed E-state index contributed by atoms with van der Waals surface area (Å²) >= 11 is 0. The summed E-state index contributed by atoms with van der Waals surface area (Å²) in [5, 5.41) is 8.96. The summed E-state index contributed by atoms with van der Waals surface area (Å²) in [6.07, 6.45) is 6.92. The largest absolute Gasteiger partial charge is 0.478 e. The van der Waals surface area contributed by atoms with Gasteiger partial charge in [0.2, 0.25) is 0 Å². The zero-order valence-electron chi connectivity index (χ0n) is 13.7. The standard InChI is InChI=1S/C18H24N2O2/c1-4-5-6-7-17-19(3)14(2)12-20(17)13-15-8-10-16(11-9-15)18(21)22/h8-12H,4-7,13H2,1-3H3/p+1. The molecular formula is C18H25N2O2+. The number of hydrogen-bond donors (Lipinski definition) is 1. The highest BCUT2D eigenvalue weighted by Crippen LogP contribution is 2.09. The van der Waals surface area contributed by atoms with Gasteiger partial charge in [0.05, 0.1) is 12.6 Å². The van der Waals surface area contributed by atoms with Gasteiger partial charge in [0.25, 0.3) is 5.82 Å². The first-order valence-corrected chi connectivity index (χ1v) is 7.89. The quantitative estimate of drug-likeness (QED) is 0.631. The van der Waals surface area contributed by atoms with Crippen LogP contribution in [0.5, 0.6) is 0 Å². The Morgan fingerprint density at radius 3 is 2.50 bits per heavy atom. The van der Waals surface area contributed by atoms with E-state index in [0.717, 1.165) is 18.5 Å². The van der Waals surface area contributed by atoms with Gasteiger partial charge in [-0.25, -0.2) is 13.9 Å². The fourth-order valence-electron chi connectivity index (χ4n) is 2.71. The first-order chi connectivity index (χ1) is 10.5. The van der Waals surface area contributed by atoms with E-state index in [9.17, 15) is 4.79 Å². The molecule has 0 atom stereocenters. The van der Waals surface area contributed by atoms with E-state index in [1.807, 2.05) is 12.1 Å². The van der Waals surface area contributed by atoms with Crippen molar-refractivity contribution >= 4 is 5.97 Å². The summed E-state index contributed by atoms with van der Waals surface area (Å²) in [4.78, 5) is 10.9. The summed E-state index contributed by atoms with van der Waals surface area (Å²) in [5.74, 6) is 0.447. The number of carboxylic acid groups (broad SMARTS) is 1. The normalized spacial score (nSPS) is 10.9. The van der Waals surface area contributed by atoms with Crippen molar-refractivity contribution in [3.63, 3.8) is 0 Å². The number of aryl methyl sites for hydroxylation is 1. The van der Waals surface area contributed by atoms with Crippen molar-refractivity contribution in [2.45, 2.75) is 46.1 Å². The number of rotatable bonds is 7. The number of nitrogens with zero attached hydrogens (tertiary/aromatic N) is 2. The van der Waals surface area contributed by atoms with Crippen LogP contribution in [-0.2, 0) is 20.0 Å². The van der Waals surface area contributed by atoms with Gasteiger partial charge in [-0.05, 0) is 24.1 Å². The van der Waals surface area contributed by atoms with E-state index < -0.39 is 5.97 Å². The lowest BCUT2D eigenvalue weighted by atomic mass is 10.1. The minimum absolute atomic E-state index is 0.334. The Morgan fingerprint density at radius 2 is 1.91 bits per heavy atom. The SMILES string of the molecule is CCCCCc1n(C)c(C)c[n+]1Cc1ccc(C(=O)O)cc1. The van der Waals surface area contributed by atoms with Crippen molar-refractivity contribution in [2.75, 3.05) is 0 Å². The molecule has 0 spiro atoms. The molecule has 2 rings (SSSR count). The number of aromatic carboxylic acids is 1. The highest BCUT2D eigenvalue weighted by Gasteiger charge is 2.18. The van der Waals surface area contributed by atoms with Crippen molar-refractivity contribution in [1.29, 1.82) is 0 Å². The fraction of sp³-hybridized carbons (Fsp3) is 0.444. The maximum Gasteiger partial charge on any atom is 0.335 e. The summed E-state index contributed by atoms with van der Waals surface area (Å²) < 4.78 is 4.53. The van der Waals surface area contributed by atoms with Crippen LogP contribution in [0.15, 0.2) is 30.5 Å². The predicted octanol–water partition coefficient (Wildman–Crippen LogP) is 3.10. The van der Waals surface area contributed by atoms with E-state index in [1.54, 1.807) is 12.1 Å². The molecule has 22 heavy (non-hydrogen) atoms. The molecule has 118 valence electrons. The third-order valence-corrected chi connectivity index (χ3v) is 4.15. The van der Waals surface area contributed by atoms with Crippen LogP contribution < -0.4 is 4.57 Å². The van der Waals surface area contributed by atoms with Crippen molar-refractivity contribution in [3.05, 3.63) is 53.1 Å². The number of carboxylic acids is 1. The minimum atomic E-state index is -0.880. The third-order valence-electron chi connectivity index (χ3n) is 4.15. The monoisotopic (exact) mass is 301 g/mol. The first kappa shape index (κ1) is 16.3. The van der Waals surface area contributed by atoms with E-state index in [4.69, 9.17) is 5.11 Å². The maximum absolute atomic E-state index is 10.9. The summed E-state index contributed by atoms with van der Waals surface area (Å²) in [5.41, 5.74) is 2.70. The van der Waals surface area contributed by atoms with Gasteiger partial charge in [0.1, 0.15) is 18.4 Å². The van der Waals surface area contributed by atoms with E-state index in [-0.39, 0.29) is 0 Å². The lowest BCUT2D eigenvalue weighted by Gasteiger charge is -2.04. The second kappa shape index (κ2) is 7.25. The predicted molar refractivity (Wildman–Crippen MR) is 86.1 cm³/mol. The lowest BCUT2D eigenvalue weighted by Crippen LogP contribution is -2.37. The molecular weight excluding hydrogens is 276 g/mol. The molecule has 4 heteroatoms. The van der Waals surface area contributed by atoms with E-state index in [0.29, 0.717) is 5.56 Å². The van der Waals surface area contributed by atoms with Crippen LogP contribution >= 0.6 is 0 Å². The third kappa shape index (κ3) is 3.75. The average molecular weight is 301 g/mol. The maximum atomic E-state index is 10.9. The van der Waals surface area contributed by atoms with Crippen LogP contribution in [0.25, 0.3) is 0 Å². The van der Waals surface area contributed by atoms with Gasteiger partial charge in [-0.15, -0.1) is 0 Å². The molecule has 0 saturated carbocycles. The number of aromatic nitrogens is 2. The van der Waals surface area contributed by atoms with Crippen molar-refractivity contribution in [1.82, 2.24) is 4.57 Å². The molecule has 0 fully saturated rings. The van der Waals surface area contributed by atoms with Crippen LogP contribution in [-0.4, -0.2) is 15.6 Å². The van der Waals surface area contributed by atoms with Crippen molar-refractivity contribution in [3.8, 4) is 0 Å². The number of imidazole rings is 1. The second-order valence-electron chi connectivity index (χ2n) is 5.83. The number of unbranched alkanes of at least 4 members (excludes halogenated alkanes) is 2. The summed E-state index contributed by atoms with van der Waals surface area (Å²) in [6, 6.07) is 7.14. The molecule has 0 amide bonds. The van der Waals surface area contributed by atoms with E-state index in [1.165, 1.54) is 30.8 Å². The van der Waals surface area contributed by atoms with Crippen molar-refractivity contribution in [2.24, 2.45) is 7.05 Å². The highest BCUT2D eigenvalue weighted by atomic mass is 16.4. The summed E-state index contributed by atoms with van der Waals surface area (Å²) in [7, 11) is 2.11. The van der Waals surface area contributed by atoms with Gasteiger partial charge < -0.3 is 5.11 Å². The zero-order chi connectivity index (χ0) is 16.1. The zero-order valence-corrected chi connectivity index (χ0v) is 13.7. The molecule has 1 N–H and O–H groups in total. The highest BCUT2D eigenvalue weighted by molar-refractivity contribution is 5.87. The Hall–Kier alpha value is -2.10. The van der Waals surface area contributed by atoms with Gasteiger partial charge >= 0.3 is 5.97 Å². The van der Waals surface area contributed by atoms with Crippen LogP contribution in [0.3, 0.4) is 0 Å². The fourth-order valence-corrected chi connectivity index (χ4v) is 2.71. The molecule has 1 heterocycles. The molecule has 0 aliphatic carbocycles. The Bertz CT molecular complexity index is 642. The number of hydrogen-bond acceptors (Lipinski definition) is 1. The second-order valence-corrected chi connectivity index (χ2v) is 5.83. The molecule has 1 aromatic carbocycles.